The number of hydrogen-bond acceptors (Lipinski definition) is 10. The van der Waals surface area contributed by atoms with Gasteiger partial charge in [-0.1, -0.05) is 141 Å². The number of esters is 2. The van der Waals surface area contributed by atoms with E-state index in [4.69, 9.17) is 23.7 Å². The maximum atomic E-state index is 12.7. The van der Waals surface area contributed by atoms with Crippen molar-refractivity contribution in [1.82, 2.24) is 9.80 Å². The van der Waals surface area contributed by atoms with Crippen molar-refractivity contribution < 1.29 is 38.4 Å². The molecular formula is C58H112N2O8. The number of methoxy groups -OCH3 is 1. The van der Waals surface area contributed by atoms with Gasteiger partial charge in [-0.2, -0.15) is 0 Å². The van der Waals surface area contributed by atoms with Gasteiger partial charge < -0.3 is 38.6 Å². The SMILES string of the molecule is CC/C=C\CCCCOC(CCC(=O)OCCCCCCCN(CCCCCCCOC)CCCN(CCCO)CCCCCCCC(=O)OCCCCCCCCC)OCCCC/C=C\CC. The van der Waals surface area contributed by atoms with Crippen LogP contribution in [0.15, 0.2) is 24.3 Å². The first-order valence-electron chi connectivity index (χ1n) is 28.9. The molecule has 0 bridgehead atoms. The summed E-state index contributed by atoms with van der Waals surface area (Å²) in [5.74, 6) is -0.180. The molecule has 0 aliphatic rings. The lowest BCUT2D eigenvalue weighted by Gasteiger charge is -2.26. The van der Waals surface area contributed by atoms with Gasteiger partial charge in [-0.05, 0) is 142 Å². The van der Waals surface area contributed by atoms with E-state index >= 15 is 0 Å². The molecule has 1 N–H and O–H groups in total. The molecule has 0 atom stereocenters. The fraction of sp³-hybridized carbons (Fsp3) is 0.897. The Hall–Kier alpha value is -1.82. The molecule has 0 saturated carbocycles. The van der Waals surface area contributed by atoms with Gasteiger partial charge in [-0.15, -0.1) is 0 Å². The lowest BCUT2D eigenvalue weighted by molar-refractivity contribution is -0.159. The normalized spacial score (nSPS) is 12.0. The molecule has 0 aromatic carbocycles. The third-order valence-corrected chi connectivity index (χ3v) is 12.7. The quantitative estimate of drug-likeness (QED) is 0.0274. The number of rotatable bonds is 56. The number of aliphatic hydroxyl groups excluding tert-OH is 1. The third kappa shape index (κ3) is 50.6. The maximum absolute atomic E-state index is 12.7. The predicted molar refractivity (Wildman–Crippen MR) is 286 cm³/mol. The Balaban J connectivity index is 4.54. The summed E-state index contributed by atoms with van der Waals surface area (Å²) in [5.41, 5.74) is 0. The minimum Gasteiger partial charge on any atom is -0.466 e. The van der Waals surface area contributed by atoms with E-state index in [2.05, 4.69) is 54.9 Å². The Kier molecular flexibility index (Phi) is 54.6. The summed E-state index contributed by atoms with van der Waals surface area (Å²) in [6.45, 7) is 16.6. The van der Waals surface area contributed by atoms with Gasteiger partial charge in [0.25, 0.3) is 0 Å². The predicted octanol–water partition coefficient (Wildman–Crippen LogP) is 14.5. The molecule has 0 aliphatic heterocycles. The fourth-order valence-electron chi connectivity index (χ4n) is 8.45. The minimum absolute atomic E-state index is 0.0281. The van der Waals surface area contributed by atoms with Crippen molar-refractivity contribution in [2.24, 2.45) is 0 Å². The van der Waals surface area contributed by atoms with Crippen molar-refractivity contribution in [3.05, 3.63) is 24.3 Å². The molecule has 0 spiro atoms. The summed E-state index contributed by atoms with van der Waals surface area (Å²) in [5, 5.41) is 9.60. The highest BCUT2D eigenvalue weighted by Gasteiger charge is 2.14. The van der Waals surface area contributed by atoms with Gasteiger partial charge in [0.05, 0.1) is 19.6 Å². The molecule has 0 aromatic rings. The molecule has 10 heteroatoms. The number of carbonyl (C=O) groups excluding carboxylic acids is 2. The van der Waals surface area contributed by atoms with Crippen LogP contribution in [0.1, 0.15) is 245 Å². The van der Waals surface area contributed by atoms with E-state index in [0.29, 0.717) is 45.7 Å². The van der Waals surface area contributed by atoms with Crippen LogP contribution in [0.2, 0.25) is 0 Å². The van der Waals surface area contributed by atoms with Crippen LogP contribution < -0.4 is 0 Å². The molecule has 0 rings (SSSR count). The number of nitrogens with zero attached hydrogens (tertiary/aromatic N) is 2. The molecule has 0 fully saturated rings. The van der Waals surface area contributed by atoms with E-state index in [9.17, 15) is 14.7 Å². The van der Waals surface area contributed by atoms with E-state index < -0.39 is 0 Å². The van der Waals surface area contributed by atoms with E-state index in [1.165, 1.54) is 83.5 Å². The second-order valence-corrected chi connectivity index (χ2v) is 19.2. The molecule has 0 unspecified atom stereocenters. The van der Waals surface area contributed by atoms with Gasteiger partial charge in [-0.25, -0.2) is 0 Å². The smallest absolute Gasteiger partial charge is 0.305 e. The summed E-state index contributed by atoms with van der Waals surface area (Å²) in [6.07, 6.45) is 46.3. The van der Waals surface area contributed by atoms with Gasteiger partial charge in [0.15, 0.2) is 6.29 Å². The Morgan fingerprint density at radius 3 is 1.29 bits per heavy atom. The van der Waals surface area contributed by atoms with Crippen molar-refractivity contribution >= 4 is 11.9 Å². The molecule has 0 radical (unpaired) electrons. The zero-order valence-corrected chi connectivity index (χ0v) is 45.3. The van der Waals surface area contributed by atoms with Crippen molar-refractivity contribution in [2.75, 3.05) is 86.0 Å². The van der Waals surface area contributed by atoms with Crippen molar-refractivity contribution in [1.29, 1.82) is 0 Å². The standard InChI is InChI=1S/C58H112N2O8/c1-5-8-11-14-17-28-35-52-65-56(62)41-30-21-18-22-31-46-60(49-40-50-61)48-39-47-59(44-32-23-19-25-34-51-64-4)45-33-24-20-29-36-53-66-57(63)42-43-58(67-54-37-26-15-12-9-6-2)68-55-38-27-16-13-10-7-3/h9-10,12-13,58,61H,5-8,11,14-55H2,1-4H3/b12-9-,13-10-. The van der Waals surface area contributed by atoms with Crippen LogP contribution in [0.25, 0.3) is 0 Å². The van der Waals surface area contributed by atoms with Gasteiger partial charge in [0.1, 0.15) is 0 Å². The molecule has 0 amide bonds. The zero-order valence-electron chi connectivity index (χ0n) is 45.3. The van der Waals surface area contributed by atoms with Gasteiger partial charge >= 0.3 is 11.9 Å². The highest BCUT2D eigenvalue weighted by atomic mass is 16.7. The second-order valence-electron chi connectivity index (χ2n) is 19.2. The van der Waals surface area contributed by atoms with E-state index in [-0.39, 0.29) is 24.8 Å². The summed E-state index contributed by atoms with van der Waals surface area (Å²) < 4.78 is 28.5. The third-order valence-electron chi connectivity index (χ3n) is 12.7. The van der Waals surface area contributed by atoms with Gasteiger partial charge in [-0.3, -0.25) is 9.59 Å². The molecule has 402 valence electrons. The number of carbonyl (C=O) groups is 2. The lowest BCUT2D eigenvalue weighted by atomic mass is 10.1. The number of ether oxygens (including phenoxy) is 5. The van der Waals surface area contributed by atoms with Crippen molar-refractivity contribution in [3.8, 4) is 0 Å². The van der Waals surface area contributed by atoms with Crippen LogP contribution in [0, 0.1) is 0 Å². The highest BCUT2D eigenvalue weighted by molar-refractivity contribution is 5.69. The average molecular weight is 966 g/mol. The Morgan fingerprint density at radius 2 is 0.824 bits per heavy atom. The molecule has 68 heavy (non-hydrogen) atoms. The average Bonchev–Trinajstić information content (AvgIpc) is 3.34. The number of unbranched alkanes of at least 4 members (excludes halogenated alkanes) is 22. The fourth-order valence-corrected chi connectivity index (χ4v) is 8.45. The summed E-state index contributed by atoms with van der Waals surface area (Å²) in [4.78, 5) is 30.1. The van der Waals surface area contributed by atoms with E-state index in [1.807, 2.05) is 0 Å². The Morgan fingerprint density at radius 1 is 0.426 bits per heavy atom. The Labute approximate surface area is 420 Å². The van der Waals surface area contributed by atoms with Gasteiger partial charge in [0.2, 0.25) is 0 Å². The lowest BCUT2D eigenvalue weighted by Crippen LogP contribution is -2.33. The van der Waals surface area contributed by atoms with Crippen molar-refractivity contribution in [2.45, 2.75) is 252 Å². The zero-order chi connectivity index (χ0) is 49.5. The first kappa shape index (κ1) is 66.2. The van der Waals surface area contributed by atoms with E-state index in [0.717, 1.165) is 168 Å². The number of allylic oxidation sites excluding steroid dienone is 4. The molecule has 0 heterocycles. The van der Waals surface area contributed by atoms with Crippen LogP contribution >= 0.6 is 0 Å². The largest absolute Gasteiger partial charge is 0.466 e. The monoisotopic (exact) mass is 965 g/mol. The summed E-state index contributed by atoms with van der Waals surface area (Å²) in [7, 11) is 1.79. The van der Waals surface area contributed by atoms with Crippen LogP contribution in [0.4, 0.5) is 0 Å². The van der Waals surface area contributed by atoms with Crippen LogP contribution in [0.3, 0.4) is 0 Å². The summed E-state index contributed by atoms with van der Waals surface area (Å²) >= 11 is 0. The molecule has 10 nitrogen and oxygen atoms in total. The van der Waals surface area contributed by atoms with Crippen molar-refractivity contribution in [3.63, 3.8) is 0 Å². The maximum Gasteiger partial charge on any atom is 0.305 e. The molecule has 0 aliphatic carbocycles. The second kappa shape index (κ2) is 56.1. The Bertz CT molecular complexity index is 1070. The molecule has 0 aromatic heterocycles. The first-order valence-corrected chi connectivity index (χ1v) is 28.9. The van der Waals surface area contributed by atoms with E-state index in [1.54, 1.807) is 7.11 Å². The van der Waals surface area contributed by atoms with Gasteiger partial charge in [0, 0.05) is 52.9 Å². The minimum atomic E-state index is -0.355. The summed E-state index contributed by atoms with van der Waals surface area (Å²) in [6, 6.07) is 0. The topological polar surface area (TPSA) is 107 Å². The first-order chi connectivity index (χ1) is 33.5. The molecular weight excluding hydrogens is 853 g/mol. The van der Waals surface area contributed by atoms with Crippen LogP contribution in [-0.2, 0) is 33.3 Å². The van der Waals surface area contributed by atoms with Crippen LogP contribution in [-0.4, -0.2) is 119 Å². The van der Waals surface area contributed by atoms with Crippen LogP contribution in [0.5, 0.6) is 0 Å². The number of aliphatic hydroxyl groups is 1. The number of hydrogen-bond donors (Lipinski definition) is 1. The highest BCUT2D eigenvalue weighted by Crippen LogP contribution is 2.14. The molecule has 0 saturated heterocycles.